The first-order valence-electron chi connectivity index (χ1n) is 8.45. The molecule has 1 aromatic carbocycles. The van der Waals surface area contributed by atoms with Gasteiger partial charge in [-0.1, -0.05) is 18.2 Å². The number of hydrogen-bond acceptors (Lipinski definition) is 7. The Hall–Kier alpha value is -3.00. The van der Waals surface area contributed by atoms with E-state index >= 15 is 0 Å². The normalized spacial score (nSPS) is 30.6. The third-order valence-electron chi connectivity index (χ3n) is 5.21. The van der Waals surface area contributed by atoms with Crippen molar-refractivity contribution in [1.29, 1.82) is 0 Å². The molecule has 0 unspecified atom stereocenters. The summed E-state index contributed by atoms with van der Waals surface area (Å²) in [6.07, 6.45) is 2.83. The third kappa shape index (κ3) is 2.40. The van der Waals surface area contributed by atoms with Gasteiger partial charge in [-0.15, -0.1) is 0 Å². The van der Waals surface area contributed by atoms with Crippen LogP contribution in [0.25, 0.3) is 0 Å². The Kier molecular flexibility index (Phi) is 3.88. The van der Waals surface area contributed by atoms with E-state index in [-0.39, 0.29) is 17.9 Å². The Morgan fingerprint density at radius 1 is 1.22 bits per heavy atom. The molecule has 27 heavy (non-hydrogen) atoms. The molecule has 140 valence electrons. The summed E-state index contributed by atoms with van der Waals surface area (Å²) in [6.45, 7) is 1.11. The zero-order valence-corrected chi connectivity index (χ0v) is 14.7. The van der Waals surface area contributed by atoms with E-state index in [9.17, 15) is 19.2 Å². The van der Waals surface area contributed by atoms with E-state index in [0.29, 0.717) is 0 Å². The summed E-state index contributed by atoms with van der Waals surface area (Å²) in [6, 6.07) is 6.28. The number of carbonyl (C=O) groups excluding carboxylic acids is 4. The lowest BCUT2D eigenvalue weighted by atomic mass is 9.77. The third-order valence-corrected chi connectivity index (χ3v) is 5.21. The molecule has 8 heteroatoms. The Bertz CT molecular complexity index is 892. The van der Waals surface area contributed by atoms with Gasteiger partial charge in [0.05, 0.1) is 36.3 Å². The molecule has 3 aliphatic heterocycles. The fraction of sp³-hybridized carbons (Fsp3) is 0.368. The van der Waals surface area contributed by atoms with Crippen LogP contribution in [0.2, 0.25) is 0 Å². The van der Waals surface area contributed by atoms with Gasteiger partial charge in [0.1, 0.15) is 12.2 Å². The molecule has 3 heterocycles. The van der Waals surface area contributed by atoms with Crippen molar-refractivity contribution in [3.8, 4) is 0 Å². The van der Waals surface area contributed by atoms with Gasteiger partial charge in [-0.05, 0) is 18.2 Å². The molecule has 0 aromatic heterocycles. The number of para-hydroxylation sites is 1. The first-order valence-corrected chi connectivity index (χ1v) is 8.45. The van der Waals surface area contributed by atoms with Crippen LogP contribution in [0.4, 0.5) is 5.69 Å². The fourth-order valence-electron chi connectivity index (χ4n) is 4.07. The van der Waals surface area contributed by atoms with Crippen molar-refractivity contribution in [2.24, 2.45) is 11.8 Å². The fourth-order valence-corrected chi connectivity index (χ4v) is 4.07. The molecular formula is C19H17NO7. The highest BCUT2D eigenvalue weighted by Gasteiger charge is 2.68. The molecule has 2 fully saturated rings. The summed E-state index contributed by atoms with van der Waals surface area (Å²) >= 11 is 0. The van der Waals surface area contributed by atoms with Crippen molar-refractivity contribution in [2.45, 2.75) is 18.6 Å². The molecule has 1 aromatic rings. The first kappa shape index (κ1) is 17.4. The van der Waals surface area contributed by atoms with E-state index in [0.717, 1.165) is 4.90 Å². The number of nitrogens with zero attached hydrogens (tertiary/aromatic N) is 1. The molecular weight excluding hydrogens is 354 g/mol. The average molecular weight is 371 g/mol. The molecule has 4 atom stereocenters. The van der Waals surface area contributed by atoms with Crippen LogP contribution < -0.4 is 4.90 Å². The minimum Gasteiger partial charge on any atom is -0.465 e. The highest BCUT2D eigenvalue weighted by Crippen LogP contribution is 2.52. The summed E-state index contributed by atoms with van der Waals surface area (Å²) in [5.41, 5.74) is -0.865. The van der Waals surface area contributed by atoms with Crippen LogP contribution in [-0.2, 0) is 28.6 Å². The van der Waals surface area contributed by atoms with Gasteiger partial charge in [-0.3, -0.25) is 14.4 Å². The molecule has 0 spiro atoms. The molecule has 2 bridgehead atoms. The van der Waals surface area contributed by atoms with Crippen molar-refractivity contribution < 1.29 is 33.4 Å². The van der Waals surface area contributed by atoms with Gasteiger partial charge < -0.3 is 14.2 Å². The van der Waals surface area contributed by atoms with Gasteiger partial charge in [0, 0.05) is 6.92 Å². The second kappa shape index (κ2) is 6.02. The SMILES string of the molecule is COC(=O)c1ccccc1N1C(=O)[C@H]2[C@@H](C1=O)[C@@]1(COC(C)=O)C=C[C@H]2O1. The van der Waals surface area contributed by atoms with E-state index in [1.807, 2.05) is 0 Å². The second-order valence-corrected chi connectivity index (χ2v) is 6.70. The van der Waals surface area contributed by atoms with Gasteiger partial charge in [0.25, 0.3) is 0 Å². The number of esters is 2. The van der Waals surface area contributed by atoms with Crippen LogP contribution in [-0.4, -0.2) is 49.2 Å². The number of imide groups is 1. The molecule has 3 aliphatic rings. The quantitative estimate of drug-likeness (QED) is 0.439. The molecule has 0 radical (unpaired) electrons. The van der Waals surface area contributed by atoms with E-state index in [1.165, 1.54) is 26.2 Å². The molecule has 2 amide bonds. The largest absolute Gasteiger partial charge is 0.465 e. The number of benzene rings is 1. The van der Waals surface area contributed by atoms with E-state index in [2.05, 4.69) is 0 Å². The maximum atomic E-state index is 13.2. The zero-order chi connectivity index (χ0) is 19.3. The van der Waals surface area contributed by atoms with E-state index in [1.54, 1.807) is 24.3 Å². The topological polar surface area (TPSA) is 99.2 Å². The van der Waals surface area contributed by atoms with Crippen LogP contribution in [0.1, 0.15) is 17.3 Å². The number of hydrogen-bond donors (Lipinski definition) is 0. The van der Waals surface area contributed by atoms with E-state index in [4.69, 9.17) is 14.2 Å². The van der Waals surface area contributed by atoms with Crippen molar-refractivity contribution in [1.82, 2.24) is 0 Å². The summed E-state index contributed by atoms with van der Waals surface area (Å²) in [5.74, 6) is -3.61. The molecule has 0 N–H and O–H groups in total. The first-order chi connectivity index (χ1) is 12.9. The van der Waals surface area contributed by atoms with Crippen molar-refractivity contribution in [3.63, 3.8) is 0 Å². The van der Waals surface area contributed by atoms with Crippen LogP contribution in [0, 0.1) is 11.8 Å². The summed E-state index contributed by atoms with van der Waals surface area (Å²) in [5, 5.41) is 0. The monoisotopic (exact) mass is 371 g/mol. The lowest BCUT2D eigenvalue weighted by Crippen LogP contribution is -2.44. The smallest absolute Gasteiger partial charge is 0.339 e. The van der Waals surface area contributed by atoms with Crippen molar-refractivity contribution in [2.75, 3.05) is 18.6 Å². The van der Waals surface area contributed by atoms with Crippen molar-refractivity contribution in [3.05, 3.63) is 42.0 Å². The standard InChI is InChI=1S/C19H17NO7/c1-10(21)26-9-19-8-7-13(27-19)14-15(19)17(23)20(16(14)22)12-6-4-3-5-11(12)18(24)25-2/h3-8,13-15H,9H2,1-2H3/t13-,14-,15+,19+/m1/s1. The highest BCUT2D eigenvalue weighted by molar-refractivity contribution is 6.25. The van der Waals surface area contributed by atoms with Crippen molar-refractivity contribution >= 4 is 29.4 Å². The Morgan fingerprint density at radius 2 is 1.96 bits per heavy atom. The van der Waals surface area contributed by atoms with Crippen LogP contribution >= 0.6 is 0 Å². The Labute approximate surface area is 154 Å². The molecule has 0 aliphatic carbocycles. The molecule has 4 rings (SSSR count). The van der Waals surface area contributed by atoms with Crippen LogP contribution in [0.3, 0.4) is 0 Å². The molecule has 0 saturated carbocycles. The predicted octanol–water partition coefficient (Wildman–Crippen LogP) is 0.849. The second-order valence-electron chi connectivity index (χ2n) is 6.70. The predicted molar refractivity (Wildman–Crippen MR) is 90.6 cm³/mol. The average Bonchev–Trinajstić information content (AvgIpc) is 3.30. The maximum Gasteiger partial charge on any atom is 0.339 e. The summed E-state index contributed by atoms with van der Waals surface area (Å²) < 4.78 is 15.7. The van der Waals surface area contributed by atoms with Crippen LogP contribution in [0.5, 0.6) is 0 Å². The zero-order valence-electron chi connectivity index (χ0n) is 14.7. The number of methoxy groups -OCH3 is 1. The number of ether oxygens (including phenoxy) is 3. The minimum atomic E-state index is -1.16. The highest BCUT2D eigenvalue weighted by atomic mass is 16.6. The van der Waals surface area contributed by atoms with Gasteiger partial charge in [0.15, 0.2) is 0 Å². The minimum absolute atomic E-state index is 0.122. The summed E-state index contributed by atoms with van der Waals surface area (Å²) in [7, 11) is 1.23. The number of anilines is 1. The van der Waals surface area contributed by atoms with Gasteiger partial charge in [-0.2, -0.15) is 0 Å². The Morgan fingerprint density at radius 3 is 2.67 bits per heavy atom. The number of rotatable bonds is 4. The lowest BCUT2D eigenvalue weighted by molar-refractivity contribution is -0.150. The molecule has 2 saturated heterocycles. The maximum absolute atomic E-state index is 13.2. The van der Waals surface area contributed by atoms with Crippen LogP contribution in [0.15, 0.2) is 36.4 Å². The van der Waals surface area contributed by atoms with Gasteiger partial charge in [0.2, 0.25) is 11.8 Å². The number of fused-ring (bicyclic) bond motifs is 5. The lowest BCUT2D eigenvalue weighted by Gasteiger charge is -2.28. The van der Waals surface area contributed by atoms with Gasteiger partial charge >= 0.3 is 11.9 Å². The van der Waals surface area contributed by atoms with E-state index < -0.39 is 47.3 Å². The Balaban J connectivity index is 1.73. The number of amides is 2. The summed E-state index contributed by atoms with van der Waals surface area (Å²) in [4.78, 5) is 50.6. The number of carbonyl (C=O) groups is 4. The van der Waals surface area contributed by atoms with Gasteiger partial charge in [-0.25, -0.2) is 9.69 Å². The molecule has 8 nitrogen and oxygen atoms in total.